The summed E-state index contributed by atoms with van der Waals surface area (Å²) in [6.07, 6.45) is 0. The molecule has 1 atom stereocenters. The molecule has 0 saturated heterocycles. The SMILES string of the molecule is CCNCc1csc(C2COc3ccccc32)n1. The lowest BCUT2D eigenvalue weighted by Crippen LogP contribution is -2.12. The second kappa shape index (κ2) is 5.08. The van der Waals surface area contributed by atoms with Gasteiger partial charge in [0.2, 0.25) is 0 Å². The van der Waals surface area contributed by atoms with Crippen LogP contribution in [0.1, 0.15) is 29.1 Å². The van der Waals surface area contributed by atoms with Crippen LogP contribution in [0.5, 0.6) is 5.75 Å². The van der Waals surface area contributed by atoms with Gasteiger partial charge in [-0.3, -0.25) is 0 Å². The largest absolute Gasteiger partial charge is 0.492 e. The van der Waals surface area contributed by atoms with Crippen LogP contribution in [0.4, 0.5) is 0 Å². The summed E-state index contributed by atoms with van der Waals surface area (Å²) < 4.78 is 5.71. The highest BCUT2D eigenvalue weighted by Gasteiger charge is 2.27. The summed E-state index contributed by atoms with van der Waals surface area (Å²) >= 11 is 1.73. The zero-order chi connectivity index (χ0) is 12.4. The van der Waals surface area contributed by atoms with Crippen molar-refractivity contribution in [1.82, 2.24) is 10.3 Å². The summed E-state index contributed by atoms with van der Waals surface area (Å²) in [7, 11) is 0. The van der Waals surface area contributed by atoms with E-state index in [1.807, 2.05) is 12.1 Å². The summed E-state index contributed by atoms with van der Waals surface area (Å²) in [6, 6.07) is 8.24. The van der Waals surface area contributed by atoms with Crippen molar-refractivity contribution in [2.75, 3.05) is 13.2 Å². The third-order valence-corrected chi connectivity index (χ3v) is 4.13. The maximum absolute atomic E-state index is 5.71. The number of fused-ring (bicyclic) bond motifs is 1. The molecule has 3 nitrogen and oxygen atoms in total. The number of para-hydroxylation sites is 1. The third kappa shape index (κ3) is 2.13. The minimum atomic E-state index is 0.307. The Balaban J connectivity index is 1.82. The fraction of sp³-hybridized carbons (Fsp3) is 0.357. The van der Waals surface area contributed by atoms with Crippen LogP contribution in [0, 0.1) is 0 Å². The van der Waals surface area contributed by atoms with Crippen LogP contribution >= 0.6 is 11.3 Å². The lowest BCUT2D eigenvalue weighted by molar-refractivity contribution is 0.343. The number of nitrogens with zero attached hydrogens (tertiary/aromatic N) is 1. The van der Waals surface area contributed by atoms with Gasteiger partial charge < -0.3 is 10.1 Å². The Hall–Kier alpha value is -1.39. The predicted molar refractivity (Wildman–Crippen MR) is 73.3 cm³/mol. The first-order chi connectivity index (χ1) is 8.88. The quantitative estimate of drug-likeness (QED) is 0.918. The van der Waals surface area contributed by atoms with Gasteiger partial charge in [-0.25, -0.2) is 4.98 Å². The Morgan fingerprint density at radius 1 is 1.44 bits per heavy atom. The van der Waals surface area contributed by atoms with Gasteiger partial charge in [0.05, 0.1) is 11.6 Å². The molecule has 0 amide bonds. The van der Waals surface area contributed by atoms with Gasteiger partial charge in [0.1, 0.15) is 17.4 Å². The number of nitrogens with one attached hydrogen (secondary N) is 1. The van der Waals surface area contributed by atoms with Crippen molar-refractivity contribution in [3.05, 3.63) is 45.9 Å². The van der Waals surface area contributed by atoms with E-state index >= 15 is 0 Å². The molecule has 1 aliphatic heterocycles. The van der Waals surface area contributed by atoms with E-state index < -0.39 is 0 Å². The molecule has 0 bridgehead atoms. The van der Waals surface area contributed by atoms with E-state index in [9.17, 15) is 0 Å². The standard InChI is InChI=1S/C14H16N2OS/c1-2-15-7-10-9-18-14(16-10)12-8-17-13-6-4-3-5-11(12)13/h3-6,9,12,15H,2,7-8H2,1H3. The molecular formula is C14H16N2OS. The highest BCUT2D eigenvalue weighted by atomic mass is 32.1. The van der Waals surface area contributed by atoms with Gasteiger partial charge in [-0.05, 0) is 12.6 Å². The minimum Gasteiger partial charge on any atom is -0.492 e. The summed E-state index contributed by atoms with van der Waals surface area (Å²) in [5, 5.41) is 6.60. The Morgan fingerprint density at radius 2 is 2.33 bits per heavy atom. The molecule has 1 aromatic carbocycles. The number of thiazole rings is 1. The maximum Gasteiger partial charge on any atom is 0.123 e. The van der Waals surface area contributed by atoms with Gasteiger partial charge in [0.15, 0.2) is 0 Å². The minimum absolute atomic E-state index is 0.307. The molecule has 0 aliphatic carbocycles. The fourth-order valence-corrected chi connectivity index (χ4v) is 3.11. The summed E-state index contributed by atoms with van der Waals surface area (Å²) in [5.74, 6) is 1.31. The van der Waals surface area contributed by atoms with Crippen molar-refractivity contribution in [2.24, 2.45) is 0 Å². The summed E-state index contributed by atoms with van der Waals surface area (Å²) in [4.78, 5) is 4.70. The molecule has 0 radical (unpaired) electrons. The Bertz CT molecular complexity index is 538. The monoisotopic (exact) mass is 260 g/mol. The van der Waals surface area contributed by atoms with Crippen molar-refractivity contribution in [3.8, 4) is 5.75 Å². The predicted octanol–water partition coefficient (Wildman–Crippen LogP) is 2.78. The molecule has 18 heavy (non-hydrogen) atoms. The van der Waals surface area contributed by atoms with Gasteiger partial charge in [0.25, 0.3) is 0 Å². The van der Waals surface area contributed by atoms with Crippen LogP contribution in [0.15, 0.2) is 29.6 Å². The highest BCUT2D eigenvalue weighted by molar-refractivity contribution is 7.09. The molecule has 2 aromatic rings. The smallest absolute Gasteiger partial charge is 0.123 e. The molecule has 0 spiro atoms. The van der Waals surface area contributed by atoms with E-state index in [1.165, 1.54) is 5.56 Å². The zero-order valence-electron chi connectivity index (χ0n) is 10.3. The molecule has 0 fully saturated rings. The zero-order valence-corrected chi connectivity index (χ0v) is 11.2. The first-order valence-corrected chi connectivity index (χ1v) is 7.13. The number of aromatic nitrogens is 1. The topological polar surface area (TPSA) is 34.1 Å². The molecule has 2 heterocycles. The molecule has 1 N–H and O–H groups in total. The first-order valence-electron chi connectivity index (χ1n) is 6.25. The summed E-state index contributed by atoms with van der Waals surface area (Å²) in [5.41, 5.74) is 2.39. The lowest BCUT2D eigenvalue weighted by Gasteiger charge is -2.04. The number of hydrogen-bond acceptors (Lipinski definition) is 4. The van der Waals surface area contributed by atoms with Crippen LogP contribution in [-0.4, -0.2) is 18.1 Å². The average Bonchev–Trinajstić information content (AvgIpc) is 3.02. The molecule has 1 unspecified atom stereocenters. The van der Waals surface area contributed by atoms with Crippen LogP contribution in [0.25, 0.3) is 0 Å². The van der Waals surface area contributed by atoms with Crippen LogP contribution in [0.3, 0.4) is 0 Å². The maximum atomic E-state index is 5.71. The van der Waals surface area contributed by atoms with Crippen molar-refractivity contribution < 1.29 is 4.74 Å². The normalized spacial score (nSPS) is 17.5. The van der Waals surface area contributed by atoms with Gasteiger partial charge in [0, 0.05) is 17.5 Å². The van der Waals surface area contributed by atoms with E-state index in [1.54, 1.807) is 11.3 Å². The Labute approximate surface area is 111 Å². The third-order valence-electron chi connectivity index (χ3n) is 3.12. The molecule has 1 aliphatic rings. The van der Waals surface area contributed by atoms with Gasteiger partial charge >= 0.3 is 0 Å². The van der Waals surface area contributed by atoms with Crippen molar-refractivity contribution in [3.63, 3.8) is 0 Å². The van der Waals surface area contributed by atoms with Gasteiger partial charge in [-0.2, -0.15) is 0 Å². The number of ether oxygens (including phenoxy) is 1. The van der Waals surface area contributed by atoms with Gasteiger partial charge in [-0.1, -0.05) is 25.1 Å². The Kier molecular flexibility index (Phi) is 3.30. The van der Waals surface area contributed by atoms with Crippen molar-refractivity contribution in [2.45, 2.75) is 19.4 Å². The van der Waals surface area contributed by atoms with Crippen molar-refractivity contribution >= 4 is 11.3 Å². The molecule has 94 valence electrons. The van der Waals surface area contributed by atoms with E-state index in [0.29, 0.717) is 12.5 Å². The van der Waals surface area contributed by atoms with E-state index in [-0.39, 0.29) is 0 Å². The fourth-order valence-electron chi connectivity index (χ4n) is 2.18. The van der Waals surface area contributed by atoms with E-state index in [4.69, 9.17) is 9.72 Å². The number of benzene rings is 1. The van der Waals surface area contributed by atoms with Crippen molar-refractivity contribution in [1.29, 1.82) is 0 Å². The lowest BCUT2D eigenvalue weighted by atomic mass is 10.0. The number of hydrogen-bond donors (Lipinski definition) is 1. The van der Waals surface area contributed by atoms with E-state index in [0.717, 1.165) is 29.5 Å². The highest BCUT2D eigenvalue weighted by Crippen LogP contribution is 2.38. The second-order valence-electron chi connectivity index (χ2n) is 4.36. The molecule has 0 saturated carbocycles. The summed E-state index contributed by atoms with van der Waals surface area (Å²) in [6.45, 7) is 4.65. The van der Waals surface area contributed by atoms with Crippen LogP contribution < -0.4 is 10.1 Å². The van der Waals surface area contributed by atoms with Crippen LogP contribution in [-0.2, 0) is 6.54 Å². The molecule has 4 heteroatoms. The second-order valence-corrected chi connectivity index (χ2v) is 5.25. The van der Waals surface area contributed by atoms with E-state index in [2.05, 4.69) is 29.8 Å². The molecular weight excluding hydrogens is 244 g/mol. The molecule has 3 rings (SSSR count). The average molecular weight is 260 g/mol. The Morgan fingerprint density at radius 3 is 3.22 bits per heavy atom. The van der Waals surface area contributed by atoms with Gasteiger partial charge in [-0.15, -0.1) is 11.3 Å². The first kappa shape index (κ1) is 11.7. The van der Waals surface area contributed by atoms with Crippen LogP contribution in [0.2, 0.25) is 0 Å². The number of rotatable bonds is 4. The molecule has 1 aromatic heterocycles.